The van der Waals surface area contributed by atoms with Crippen LogP contribution in [0.4, 0.5) is 0 Å². The van der Waals surface area contributed by atoms with Crippen LogP contribution in [0.3, 0.4) is 0 Å². The number of allylic oxidation sites excluding steroid dienone is 16. The molecule has 2 atom stereocenters. The number of unbranched alkanes of at least 4 members (excludes halogenated alkanes) is 52. The largest absolute Gasteiger partial charge is 0.472 e. The van der Waals surface area contributed by atoms with Gasteiger partial charge >= 0.3 is 19.8 Å². The van der Waals surface area contributed by atoms with Crippen molar-refractivity contribution in [2.24, 2.45) is 5.73 Å². The number of hydrogen-bond acceptors (Lipinski definition) is 8. The normalized spacial score (nSPS) is 13.3. The molecule has 0 bridgehead atoms. The van der Waals surface area contributed by atoms with Gasteiger partial charge in [-0.15, -0.1) is 0 Å². The molecule has 99 heavy (non-hydrogen) atoms. The van der Waals surface area contributed by atoms with Crippen LogP contribution in [0.25, 0.3) is 0 Å². The molecule has 0 amide bonds. The van der Waals surface area contributed by atoms with Gasteiger partial charge in [-0.25, -0.2) is 4.57 Å². The lowest BCUT2D eigenvalue weighted by atomic mass is 10.0. The van der Waals surface area contributed by atoms with E-state index < -0.39 is 26.5 Å². The van der Waals surface area contributed by atoms with Crippen LogP contribution in [0.2, 0.25) is 0 Å². The minimum atomic E-state index is -4.40. The molecule has 0 radical (unpaired) electrons. The Morgan fingerprint density at radius 2 is 0.525 bits per heavy atom. The molecule has 9 nitrogen and oxygen atoms in total. The van der Waals surface area contributed by atoms with E-state index in [2.05, 4.69) is 111 Å². The first-order valence-corrected chi connectivity index (χ1v) is 44.2. The molecule has 0 saturated carbocycles. The number of carbonyl (C=O) groups excluding carboxylic acids is 2. The van der Waals surface area contributed by atoms with Crippen molar-refractivity contribution >= 4 is 19.8 Å². The van der Waals surface area contributed by atoms with Crippen molar-refractivity contribution in [1.82, 2.24) is 0 Å². The summed E-state index contributed by atoms with van der Waals surface area (Å²) in [6, 6.07) is 0. The van der Waals surface area contributed by atoms with E-state index in [1.54, 1.807) is 0 Å². The van der Waals surface area contributed by atoms with Crippen LogP contribution in [0.1, 0.15) is 425 Å². The second kappa shape index (κ2) is 83.9. The molecule has 0 heterocycles. The zero-order valence-electron chi connectivity index (χ0n) is 65.2. The molecule has 576 valence electrons. The first kappa shape index (κ1) is 95.9. The molecule has 2 unspecified atom stereocenters. The summed E-state index contributed by atoms with van der Waals surface area (Å²) < 4.78 is 33.3. The highest BCUT2D eigenvalue weighted by atomic mass is 31.2. The van der Waals surface area contributed by atoms with Gasteiger partial charge in [0.15, 0.2) is 6.10 Å². The monoisotopic (exact) mass is 1400 g/mol. The topological polar surface area (TPSA) is 134 Å². The van der Waals surface area contributed by atoms with Crippen molar-refractivity contribution in [1.29, 1.82) is 0 Å². The van der Waals surface area contributed by atoms with Crippen LogP contribution in [0, 0.1) is 0 Å². The summed E-state index contributed by atoms with van der Waals surface area (Å²) in [4.78, 5) is 35.5. The predicted molar refractivity (Wildman–Crippen MR) is 432 cm³/mol. The number of phosphoric acid groups is 1. The molecule has 0 fully saturated rings. The van der Waals surface area contributed by atoms with E-state index in [1.165, 1.54) is 308 Å². The van der Waals surface area contributed by atoms with E-state index in [-0.39, 0.29) is 38.6 Å². The Kier molecular flexibility index (Phi) is 81.3. The second-order valence-electron chi connectivity index (χ2n) is 28.6. The number of phosphoric ester groups is 1. The summed E-state index contributed by atoms with van der Waals surface area (Å²) in [5, 5.41) is 0. The molecule has 0 spiro atoms. The Bertz CT molecular complexity index is 1950. The van der Waals surface area contributed by atoms with Gasteiger partial charge in [-0.3, -0.25) is 18.6 Å². The first-order chi connectivity index (χ1) is 48.8. The van der Waals surface area contributed by atoms with Crippen molar-refractivity contribution in [2.45, 2.75) is 431 Å². The minimum Gasteiger partial charge on any atom is -0.462 e. The zero-order chi connectivity index (χ0) is 71.5. The van der Waals surface area contributed by atoms with Crippen LogP contribution < -0.4 is 5.73 Å². The summed E-state index contributed by atoms with van der Waals surface area (Å²) in [6.45, 7) is 3.59. The Labute approximate surface area is 614 Å². The number of hydrogen-bond donors (Lipinski definition) is 2. The summed E-state index contributed by atoms with van der Waals surface area (Å²) in [6.07, 6.45) is 116. The average Bonchev–Trinajstić information content (AvgIpc) is 1.52. The van der Waals surface area contributed by atoms with Gasteiger partial charge in [0.1, 0.15) is 6.61 Å². The molecule has 0 aromatic rings. The number of nitrogens with two attached hydrogens (primary N) is 1. The maximum atomic E-state index is 12.8. The number of ether oxygens (including phenoxy) is 2. The quantitative estimate of drug-likeness (QED) is 0.0264. The Morgan fingerprint density at radius 3 is 0.778 bits per heavy atom. The van der Waals surface area contributed by atoms with E-state index in [0.29, 0.717) is 6.42 Å². The van der Waals surface area contributed by atoms with Crippen LogP contribution in [-0.4, -0.2) is 49.3 Å². The third-order valence-corrected chi connectivity index (χ3v) is 19.9. The third-order valence-electron chi connectivity index (χ3n) is 19.0. The highest BCUT2D eigenvalue weighted by Gasteiger charge is 2.26. The molecule has 0 aliphatic heterocycles. The molecule has 0 aromatic heterocycles. The van der Waals surface area contributed by atoms with Gasteiger partial charge in [0, 0.05) is 19.4 Å². The van der Waals surface area contributed by atoms with E-state index in [9.17, 15) is 19.0 Å². The van der Waals surface area contributed by atoms with Crippen LogP contribution in [0.15, 0.2) is 97.2 Å². The standard InChI is InChI=1S/C89H162NO8P/c1-3-5-7-9-11-13-15-17-19-21-23-25-27-29-31-33-35-37-39-41-43-45-47-49-51-53-55-57-59-61-63-65-67-69-71-73-75-77-79-81-88(91)95-85-87(86-97-99(93,94)96-84-83-90)98-89(92)82-80-78-76-74-72-70-68-66-64-62-60-58-56-54-52-50-48-46-44-42-40-38-36-34-32-30-28-26-24-22-20-18-16-14-12-10-8-6-4-2/h5-8,11-14,17-20,23-26,87H,3-4,9-10,15-16,21-22,27-86,90H2,1-2H3,(H,93,94)/b7-5-,8-6-,13-11-,14-12-,19-17-,20-18-,25-23-,26-24-. The fourth-order valence-corrected chi connectivity index (χ4v) is 13.5. The van der Waals surface area contributed by atoms with E-state index in [4.69, 9.17) is 24.3 Å². The summed E-state index contributed by atoms with van der Waals surface area (Å²) >= 11 is 0. The summed E-state index contributed by atoms with van der Waals surface area (Å²) in [5.74, 6) is -0.803. The van der Waals surface area contributed by atoms with Crippen molar-refractivity contribution in [3.8, 4) is 0 Å². The van der Waals surface area contributed by atoms with Gasteiger partial charge in [0.2, 0.25) is 0 Å². The minimum absolute atomic E-state index is 0.0548. The highest BCUT2D eigenvalue weighted by molar-refractivity contribution is 7.47. The summed E-state index contributed by atoms with van der Waals surface area (Å²) in [7, 11) is -4.40. The smallest absolute Gasteiger partial charge is 0.462 e. The molecule has 3 N–H and O–H groups in total. The second-order valence-corrected chi connectivity index (χ2v) is 30.1. The lowest BCUT2D eigenvalue weighted by Crippen LogP contribution is -2.29. The highest BCUT2D eigenvalue weighted by Crippen LogP contribution is 2.43. The van der Waals surface area contributed by atoms with Gasteiger partial charge in [-0.2, -0.15) is 0 Å². The van der Waals surface area contributed by atoms with E-state index in [1.807, 2.05) is 0 Å². The van der Waals surface area contributed by atoms with Gasteiger partial charge in [-0.05, 0) is 89.9 Å². The maximum absolute atomic E-state index is 12.8. The van der Waals surface area contributed by atoms with Gasteiger partial charge in [-0.1, -0.05) is 419 Å². The third kappa shape index (κ3) is 83.8. The fourth-order valence-electron chi connectivity index (χ4n) is 12.7. The number of carbonyl (C=O) groups is 2. The molecule has 0 saturated heterocycles. The molecule has 10 heteroatoms. The lowest BCUT2D eigenvalue weighted by Gasteiger charge is -2.19. The Morgan fingerprint density at radius 1 is 0.303 bits per heavy atom. The fraction of sp³-hybridized carbons (Fsp3) is 0.798. The van der Waals surface area contributed by atoms with Crippen molar-refractivity contribution in [3.63, 3.8) is 0 Å². The maximum Gasteiger partial charge on any atom is 0.472 e. The Hall–Kier alpha value is -3.07. The van der Waals surface area contributed by atoms with Crippen molar-refractivity contribution in [2.75, 3.05) is 26.4 Å². The van der Waals surface area contributed by atoms with Crippen LogP contribution >= 0.6 is 7.82 Å². The van der Waals surface area contributed by atoms with Crippen LogP contribution in [-0.2, 0) is 32.7 Å². The van der Waals surface area contributed by atoms with Gasteiger partial charge in [0.25, 0.3) is 0 Å². The summed E-state index contributed by atoms with van der Waals surface area (Å²) in [5.41, 5.74) is 5.42. The molecular weight excluding hydrogens is 1240 g/mol. The lowest BCUT2D eigenvalue weighted by molar-refractivity contribution is -0.161. The zero-order valence-corrected chi connectivity index (χ0v) is 66.1. The van der Waals surface area contributed by atoms with Gasteiger partial charge in [0.05, 0.1) is 13.2 Å². The molecule has 0 aliphatic rings. The molecule has 0 rings (SSSR count). The van der Waals surface area contributed by atoms with Crippen molar-refractivity contribution < 1.29 is 37.6 Å². The molecule has 0 aliphatic carbocycles. The van der Waals surface area contributed by atoms with Crippen LogP contribution in [0.5, 0.6) is 0 Å². The Balaban J connectivity index is 3.72. The SMILES string of the molecule is CC/C=C\C/C=C\C/C=C\C/C=C\CCCCCCCCCCCCCCCCCCCCCCCCCCCCC(=O)OCC(COP(=O)(O)OCCN)OC(=O)CCCCCCCCCCCCCCCCCCCCCCCCCCCC/C=C\C/C=C\C/C=C\C/C=C\CC. The predicted octanol–water partition coefficient (Wildman–Crippen LogP) is 29.0. The van der Waals surface area contributed by atoms with Crippen molar-refractivity contribution in [3.05, 3.63) is 97.2 Å². The van der Waals surface area contributed by atoms with E-state index in [0.717, 1.165) is 83.5 Å². The van der Waals surface area contributed by atoms with E-state index >= 15 is 0 Å². The van der Waals surface area contributed by atoms with Gasteiger partial charge < -0.3 is 20.1 Å². The molecule has 0 aromatic carbocycles. The average molecular weight is 1410 g/mol. The number of rotatable bonds is 81. The molecular formula is C89H162NO8P. The first-order valence-electron chi connectivity index (χ1n) is 42.7. The number of esters is 2.